The molecule has 108 valence electrons. The van der Waals surface area contributed by atoms with E-state index in [0.29, 0.717) is 0 Å². The number of thiophene rings is 1. The van der Waals surface area contributed by atoms with Gasteiger partial charge in [0.2, 0.25) is 0 Å². The molecule has 3 aromatic rings. The number of hydrogen-bond donors (Lipinski definition) is 2. The standard InChI is InChI=1S/C15H17N5S/c1-10-13(18-8-16-10)6-20-4-2-12-14(19-9-17-12)15(20)11-3-5-21-7-11/h3,5,7-9,15H,2,4,6H2,1H3,(H,16,18)(H,17,19)/t15-/m1/s1. The SMILES string of the molecule is Cc1[nH]cnc1CN1CCc2[nH]cnc2[C@H]1c1ccsc1. The van der Waals surface area contributed by atoms with Gasteiger partial charge in [0.1, 0.15) is 0 Å². The minimum absolute atomic E-state index is 0.224. The molecule has 0 bridgehead atoms. The Bertz CT molecular complexity index is 727. The molecule has 1 aliphatic rings. The molecule has 1 aliphatic heterocycles. The van der Waals surface area contributed by atoms with Crippen LogP contribution in [0.25, 0.3) is 0 Å². The third-order valence-corrected chi connectivity index (χ3v) is 4.87. The number of imidazole rings is 2. The number of aromatic amines is 2. The van der Waals surface area contributed by atoms with Gasteiger partial charge < -0.3 is 9.97 Å². The van der Waals surface area contributed by atoms with Crippen LogP contribution in [0.3, 0.4) is 0 Å². The second-order valence-corrected chi connectivity index (χ2v) is 6.20. The molecule has 3 aromatic heterocycles. The Morgan fingerprint density at radius 2 is 2.24 bits per heavy atom. The highest BCUT2D eigenvalue weighted by molar-refractivity contribution is 7.08. The Morgan fingerprint density at radius 1 is 1.33 bits per heavy atom. The first-order chi connectivity index (χ1) is 10.3. The summed E-state index contributed by atoms with van der Waals surface area (Å²) in [6, 6.07) is 2.42. The average molecular weight is 299 g/mol. The van der Waals surface area contributed by atoms with E-state index in [1.54, 1.807) is 17.7 Å². The summed E-state index contributed by atoms with van der Waals surface area (Å²) in [5.41, 5.74) is 6.01. The van der Waals surface area contributed by atoms with Crippen molar-refractivity contribution in [3.63, 3.8) is 0 Å². The molecule has 0 spiro atoms. The van der Waals surface area contributed by atoms with E-state index < -0.39 is 0 Å². The highest BCUT2D eigenvalue weighted by Crippen LogP contribution is 2.35. The summed E-state index contributed by atoms with van der Waals surface area (Å²) in [6.07, 6.45) is 4.60. The quantitative estimate of drug-likeness (QED) is 0.781. The molecule has 21 heavy (non-hydrogen) atoms. The third-order valence-electron chi connectivity index (χ3n) is 4.17. The number of fused-ring (bicyclic) bond motifs is 1. The molecule has 0 radical (unpaired) electrons. The second-order valence-electron chi connectivity index (χ2n) is 5.42. The fraction of sp³-hybridized carbons (Fsp3) is 0.333. The van der Waals surface area contributed by atoms with Gasteiger partial charge in [0, 0.05) is 30.9 Å². The maximum absolute atomic E-state index is 4.58. The molecule has 4 rings (SSSR count). The Hall–Kier alpha value is -1.92. The number of rotatable bonds is 3. The van der Waals surface area contributed by atoms with Crippen molar-refractivity contribution in [3.05, 3.63) is 57.8 Å². The van der Waals surface area contributed by atoms with Gasteiger partial charge in [-0.2, -0.15) is 11.3 Å². The Balaban J connectivity index is 1.71. The lowest BCUT2D eigenvalue weighted by Gasteiger charge is -2.34. The molecule has 6 heteroatoms. The van der Waals surface area contributed by atoms with Crippen molar-refractivity contribution >= 4 is 11.3 Å². The molecule has 0 fully saturated rings. The number of aromatic nitrogens is 4. The van der Waals surface area contributed by atoms with Crippen molar-refractivity contribution in [2.24, 2.45) is 0 Å². The zero-order valence-corrected chi connectivity index (χ0v) is 12.7. The van der Waals surface area contributed by atoms with Crippen molar-refractivity contribution in [3.8, 4) is 0 Å². The Kier molecular flexibility index (Phi) is 3.12. The molecule has 0 aromatic carbocycles. The van der Waals surface area contributed by atoms with Crippen LogP contribution in [-0.4, -0.2) is 31.4 Å². The van der Waals surface area contributed by atoms with Gasteiger partial charge in [-0.05, 0) is 29.3 Å². The number of nitrogens with zero attached hydrogens (tertiary/aromatic N) is 3. The summed E-state index contributed by atoms with van der Waals surface area (Å²) >= 11 is 1.74. The number of H-pyrrole nitrogens is 2. The summed E-state index contributed by atoms with van der Waals surface area (Å²) in [5.74, 6) is 0. The van der Waals surface area contributed by atoms with Gasteiger partial charge in [-0.25, -0.2) is 9.97 Å². The lowest BCUT2D eigenvalue weighted by atomic mass is 9.97. The highest BCUT2D eigenvalue weighted by atomic mass is 32.1. The van der Waals surface area contributed by atoms with E-state index in [9.17, 15) is 0 Å². The maximum Gasteiger partial charge on any atom is 0.0926 e. The van der Waals surface area contributed by atoms with Crippen molar-refractivity contribution < 1.29 is 0 Å². The van der Waals surface area contributed by atoms with Crippen molar-refractivity contribution in [2.75, 3.05) is 6.54 Å². The summed E-state index contributed by atoms with van der Waals surface area (Å²) in [6.45, 7) is 3.94. The molecule has 0 aliphatic carbocycles. The topological polar surface area (TPSA) is 60.6 Å². The van der Waals surface area contributed by atoms with Gasteiger partial charge in [-0.1, -0.05) is 0 Å². The first kappa shape index (κ1) is 12.8. The average Bonchev–Trinajstić information content (AvgIpc) is 3.21. The van der Waals surface area contributed by atoms with E-state index in [-0.39, 0.29) is 6.04 Å². The van der Waals surface area contributed by atoms with Crippen molar-refractivity contribution in [1.82, 2.24) is 24.8 Å². The summed E-state index contributed by atoms with van der Waals surface area (Å²) in [4.78, 5) is 17.9. The number of aryl methyl sites for hydroxylation is 1. The smallest absolute Gasteiger partial charge is 0.0926 e. The third kappa shape index (κ3) is 2.20. The minimum Gasteiger partial charge on any atom is -0.348 e. The molecule has 2 N–H and O–H groups in total. The van der Waals surface area contributed by atoms with Crippen LogP contribution in [0, 0.1) is 6.92 Å². The molecular formula is C15H17N5S. The summed E-state index contributed by atoms with van der Waals surface area (Å²) < 4.78 is 0. The van der Waals surface area contributed by atoms with Crippen LogP contribution in [-0.2, 0) is 13.0 Å². The molecule has 1 atom stereocenters. The molecule has 0 saturated carbocycles. The lowest BCUT2D eigenvalue weighted by Crippen LogP contribution is -2.35. The molecule has 4 heterocycles. The summed E-state index contributed by atoms with van der Waals surface area (Å²) in [5, 5.41) is 4.35. The van der Waals surface area contributed by atoms with Crippen molar-refractivity contribution in [1.29, 1.82) is 0 Å². The number of nitrogens with one attached hydrogen (secondary N) is 2. The molecule has 5 nitrogen and oxygen atoms in total. The van der Waals surface area contributed by atoms with E-state index in [1.165, 1.54) is 11.3 Å². The van der Waals surface area contributed by atoms with Crippen LogP contribution >= 0.6 is 11.3 Å². The van der Waals surface area contributed by atoms with Crippen LogP contribution < -0.4 is 0 Å². The highest BCUT2D eigenvalue weighted by Gasteiger charge is 2.31. The van der Waals surface area contributed by atoms with E-state index in [4.69, 9.17) is 0 Å². The van der Waals surface area contributed by atoms with E-state index in [0.717, 1.165) is 36.6 Å². The van der Waals surface area contributed by atoms with Crippen molar-refractivity contribution in [2.45, 2.75) is 25.9 Å². The molecule has 0 unspecified atom stereocenters. The zero-order chi connectivity index (χ0) is 14.2. The minimum atomic E-state index is 0.224. The van der Waals surface area contributed by atoms with E-state index >= 15 is 0 Å². The Morgan fingerprint density at radius 3 is 3.00 bits per heavy atom. The van der Waals surface area contributed by atoms with Gasteiger partial charge in [0.15, 0.2) is 0 Å². The summed E-state index contributed by atoms with van der Waals surface area (Å²) in [7, 11) is 0. The van der Waals surface area contributed by atoms with Crippen LogP contribution in [0.1, 0.15) is 34.4 Å². The monoisotopic (exact) mass is 299 g/mol. The van der Waals surface area contributed by atoms with E-state index in [2.05, 4.69) is 48.6 Å². The fourth-order valence-corrected chi connectivity index (χ4v) is 3.71. The maximum atomic E-state index is 4.58. The van der Waals surface area contributed by atoms with Crippen LogP contribution in [0.5, 0.6) is 0 Å². The fourth-order valence-electron chi connectivity index (χ4n) is 3.03. The first-order valence-corrected chi connectivity index (χ1v) is 8.04. The van der Waals surface area contributed by atoms with Gasteiger partial charge >= 0.3 is 0 Å². The normalized spacial score (nSPS) is 18.8. The van der Waals surface area contributed by atoms with Crippen LogP contribution in [0.15, 0.2) is 29.5 Å². The van der Waals surface area contributed by atoms with Crippen LogP contribution in [0.4, 0.5) is 0 Å². The lowest BCUT2D eigenvalue weighted by molar-refractivity contribution is 0.198. The van der Waals surface area contributed by atoms with Gasteiger partial charge in [0.25, 0.3) is 0 Å². The van der Waals surface area contributed by atoms with Gasteiger partial charge in [-0.15, -0.1) is 0 Å². The first-order valence-electron chi connectivity index (χ1n) is 7.10. The number of hydrogen-bond acceptors (Lipinski definition) is 4. The zero-order valence-electron chi connectivity index (χ0n) is 11.8. The predicted octanol–water partition coefficient (Wildman–Crippen LogP) is 2.65. The largest absolute Gasteiger partial charge is 0.348 e. The molecular weight excluding hydrogens is 282 g/mol. The van der Waals surface area contributed by atoms with Gasteiger partial charge in [-0.3, -0.25) is 4.90 Å². The van der Waals surface area contributed by atoms with Crippen LogP contribution in [0.2, 0.25) is 0 Å². The Labute approximate surface area is 127 Å². The molecule has 0 amide bonds. The van der Waals surface area contributed by atoms with E-state index in [1.807, 2.05) is 6.33 Å². The predicted molar refractivity (Wildman–Crippen MR) is 82.2 cm³/mol. The van der Waals surface area contributed by atoms with Gasteiger partial charge in [0.05, 0.1) is 30.1 Å². The molecule has 0 saturated heterocycles. The second kappa shape index (κ2) is 5.13.